The van der Waals surface area contributed by atoms with Crippen LogP contribution in [0.5, 0.6) is 0 Å². The van der Waals surface area contributed by atoms with Gasteiger partial charge in [0.25, 0.3) is 0 Å². The van der Waals surface area contributed by atoms with Gasteiger partial charge in [0.15, 0.2) is 9.84 Å². The van der Waals surface area contributed by atoms with Gasteiger partial charge in [0.1, 0.15) is 16.2 Å². The normalized spacial score (nSPS) is 21.4. The van der Waals surface area contributed by atoms with Gasteiger partial charge in [-0.1, -0.05) is 16.4 Å². The smallest absolute Gasteiger partial charge is 0.231 e. The van der Waals surface area contributed by atoms with Gasteiger partial charge in [-0.05, 0) is 32.4 Å². The highest BCUT2D eigenvalue weighted by Crippen LogP contribution is 2.49. The lowest BCUT2D eigenvalue weighted by Gasteiger charge is -2.49. The van der Waals surface area contributed by atoms with Crippen LogP contribution in [-0.4, -0.2) is 63.1 Å². The summed E-state index contributed by atoms with van der Waals surface area (Å²) in [6.45, 7) is 3.77. The lowest BCUT2D eigenvalue weighted by Crippen LogP contribution is -2.67. The van der Waals surface area contributed by atoms with E-state index in [1.165, 1.54) is 0 Å². The van der Waals surface area contributed by atoms with Crippen molar-refractivity contribution in [3.05, 3.63) is 47.3 Å². The minimum absolute atomic E-state index is 0.0326. The van der Waals surface area contributed by atoms with Crippen LogP contribution in [0.15, 0.2) is 33.4 Å². The third kappa shape index (κ3) is 3.06. The standard InChI is InChI=1S/C20H21N5O5S/c1-12-14(13(2)29-23-12)9-17(26)25-10-20(11-25)15(6-8-31(20,27)28)19-22-18(24-30-19)16-5-3-4-7-21-16/h3-5,7,15H,6,8-11H2,1-2H3. The van der Waals surface area contributed by atoms with Gasteiger partial charge >= 0.3 is 0 Å². The lowest BCUT2D eigenvalue weighted by atomic mass is 9.82. The molecular weight excluding hydrogens is 422 g/mol. The van der Waals surface area contributed by atoms with Crippen LogP contribution < -0.4 is 0 Å². The van der Waals surface area contributed by atoms with Crippen LogP contribution in [0.1, 0.15) is 35.2 Å². The van der Waals surface area contributed by atoms with Crippen LogP contribution in [-0.2, 0) is 21.1 Å². The maximum absolute atomic E-state index is 13.0. The van der Waals surface area contributed by atoms with Gasteiger partial charge in [-0.2, -0.15) is 4.98 Å². The second kappa shape index (κ2) is 6.98. The van der Waals surface area contributed by atoms with E-state index in [1.807, 2.05) is 6.07 Å². The van der Waals surface area contributed by atoms with E-state index in [0.717, 1.165) is 5.56 Å². The largest absolute Gasteiger partial charge is 0.361 e. The van der Waals surface area contributed by atoms with Crippen LogP contribution in [0.25, 0.3) is 11.5 Å². The van der Waals surface area contributed by atoms with E-state index in [0.29, 0.717) is 29.4 Å². The molecule has 11 heteroatoms. The number of aromatic nitrogens is 4. The Morgan fingerprint density at radius 2 is 2.03 bits per heavy atom. The molecule has 0 aromatic carbocycles. The van der Waals surface area contributed by atoms with Crippen LogP contribution in [0.2, 0.25) is 0 Å². The molecule has 1 amide bonds. The Morgan fingerprint density at radius 3 is 2.71 bits per heavy atom. The zero-order chi connectivity index (χ0) is 21.8. The highest BCUT2D eigenvalue weighted by Gasteiger charge is 2.64. The first-order valence-electron chi connectivity index (χ1n) is 9.97. The summed E-state index contributed by atoms with van der Waals surface area (Å²) in [6.07, 6.45) is 2.14. The molecule has 162 valence electrons. The molecule has 0 saturated carbocycles. The predicted molar refractivity (Wildman–Crippen MR) is 108 cm³/mol. The first-order valence-corrected chi connectivity index (χ1v) is 11.6. The molecule has 3 aromatic rings. The molecule has 5 heterocycles. The van der Waals surface area contributed by atoms with Crippen molar-refractivity contribution in [1.29, 1.82) is 0 Å². The number of pyridine rings is 1. The van der Waals surface area contributed by atoms with Crippen LogP contribution in [0.4, 0.5) is 0 Å². The maximum atomic E-state index is 13.0. The molecule has 31 heavy (non-hydrogen) atoms. The summed E-state index contributed by atoms with van der Waals surface area (Å²) in [6, 6.07) is 5.36. The summed E-state index contributed by atoms with van der Waals surface area (Å²) >= 11 is 0. The predicted octanol–water partition coefficient (Wildman–Crippen LogP) is 1.46. The fourth-order valence-corrected chi connectivity index (χ4v) is 6.80. The monoisotopic (exact) mass is 443 g/mol. The van der Waals surface area contributed by atoms with Crippen LogP contribution >= 0.6 is 0 Å². The SMILES string of the molecule is Cc1noc(C)c1CC(=O)N1CC2(C1)C(c1nc(-c3ccccn3)no1)CCS2(=O)=O. The van der Waals surface area contributed by atoms with Crippen molar-refractivity contribution >= 4 is 15.7 Å². The van der Waals surface area contributed by atoms with Crippen molar-refractivity contribution in [2.75, 3.05) is 18.8 Å². The molecule has 0 bridgehead atoms. The second-order valence-corrected chi connectivity index (χ2v) is 10.6. The highest BCUT2D eigenvalue weighted by atomic mass is 32.2. The van der Waals surface area contributed by atoms with Gasteiger partial charge in [-0.15, -0.1) is 0 Å². The number of hydrogen-bond donors (Lipinski definition) is 0. The van der Waals surface area contributed by atoms with E-state index >= 15 is 0 Å². The number of sulfone groups is 1. The summed E-state index contributed by atoms with van der Waals surface area (Å²) in [5.74, 6) is 0.622. The summed E-state index contributed by atoms with van der Waals surface area (Å²) < 4.78 is 35.4. The Bertz CT molecular complexity index is 1220. The molecule has 1 spiro atoms. The molecule has 2 fully saturated rings. The van der Waals surface area contributed by atoms with E-state index in [4.69, 9.17) is 9.05 Å². The fourth-order valence-electron chi connectivity index (χ4n) is 4.49. The van der Waals surface area contributed by atoms with Crippen molar-refractivity contribution < 1.29 is 22.3 Å². The Labute approximate surface area is 178 Å². The molecule has 0 radical (unpaired) electrons. The second-order valence-electron chi connectivity index (χ2n) is 8.13. The first-order chi connectivity index (χ1) is 14.8. The molecule has 5 rings (SSSR count). The molecule has 2 aliphatic rings. The van der Waals surface area contributed by atoms with E-state index in [9.17, 15) is 13.2 Å². The fraction of sp³-hybridized carbons (Fsp3) is 0.450. The molecule has 2 aliphatic heterocycles. The van der Waals surface area contributed by atoms with Gasteiger partial charge < -0.3 is 13.9 Å². The number of hydrogen-bond acceptors (Lipinski definition) is 9. The topological polar surface area (TPSA) is 132 Å². The average molecular weight is 443 g/mol. The Balaban J connectivity index is 1.37. The number of amides is 1. The number of rotatable bonds is 4. The van der Waals surface area contributed by atoms with Gasteiger partial charge in [-0.25, -0.2) is 8.42 Å². The van der Waals surface area contributed by atoms with Crippen molar-refractivity contribution in [2.24, 2.45) is 0 Å². The zero-order valence-electron chi connectivity index (χ0n) is 17.1. The highest BCUT2D eigenvalue weighted by molar-refractivity contribution is 7.93. The third-order valence-electron chi connectivity index (χ3n) is 6.34. The molecule has 10 nitrogen and oxygen atoms in total. The van der Waals surface area contributed by atoms with Gasteiger partial charge in [0.2, 0.25) is 17.6 Å². The van der Waals surface area contributed by atoms with Crippen molar-refractivity contribution in [2.45, 2.75) is 37.4 Å². The molecule has 1 unspecified atom stereocenters. The van der Waals surface area contributed by atoms with E-state index in [1.54, 1.807) is 37.1 Å². The van der Waals surface area contributed by atoms with Gasteiger partial charge in [0.05, 0.1) is 23.8 Å². The number of likely N-dealkylation sites (tertiary alicyclic amines) is 1. The van der Waals surface area contributed by atoms with Crippen molar-refractivity contribution in [3.63, 3.8) is 0 Å². The van der Waals surface area contributed by atoms with E-state index < -0.39 is 20.5 Å². The molecule has 1 atom stereocenters. The van der Waals surface area contributed by atoms with Crippen LogP contribution in [0, 0.1) is 13.8 Å². The summed E-state index contributed by atoms with van der Waals surface area (Å²) in [5, 5.41) is 7.86. The summed E-state index contributed by atoms with van der Waals surface area (Å²) in [7, 11) is -3.42. The zero-order valence-corrected chi connectivity index (χ0v) is 17.9. The summed E-state index contributed by atoms with van der Waals surface area (Å²) in [4.78, 5) is 23.0. The number of carbonyl (C=O) groups excluding carboxylic acids is 1. The van der Waals surface area contributed by atoms with Crippen LogP contribution in [0.3, 0.4) is 0 Å². The molecule has 3 aromatic heterocycles. The molecule has 2 saturated heterocycles. The Morgan fingerprint density at radius 1 is 1.23 bits per heavy atom. The van der Waals surface area contributed by atoms with Crippen molar-refractivity contribution in [3.8, 4) is 11.5 Å². The third-order valence-corrected chi connectivity index (χ3v) is 8.90. The van der Waals surface area contributed by atoms with Gasteiger partial charge in [0, 0.05) is 24.8 Å². The van der Waals surface area contributed by atoms with Crippen molar-refractivity contribution in [1.82, 2.24) is 25.2 Å². The molecule has 0 N–H and O–H groups in total. The molecular formula is C20H21N5O5S. The average Bonchev–Trinajstić information content (AvgIpc) is 3.39. The van der Waals surface area contributed by atoms with E-state index in [-0.39, 0.29) is 37.1 Å². The summed E-state index contributed by atoms with van der Waals surface area (Å²) in [5.41, 5.74) is 1.96. The lowest BCUT2D eigenvalue weighted by molar-refractivity contribution is -0.136. The number of aryl methyl sites for hydroxylation is 2. The first kappa shape index (κ1) is 19.9. The minimum Gasteiger partial charge on any atom is -0.361 e. The van der Waals surface area contributed by atoms with E-state index in [2.05, 4.69) is 20.3 Å². The Hall–Kier alpha value is -3.08. The number of nitrogens with zero attached hydrogens (tertiary/aromatic N) is 5. The van der Waals surface area contributed by atoms with Gasteiger partial charge in [-0.3, -0.25) is 9.78 Å². The molecule has 0 aliphatic carbocycles. The number of carbonyl (C=O) groups is 1. The maximum Gasteiger partial charge on any atom is 0.231 e. The minimum atomic E-state index is -3.42. The quantitative estimate of drug-likeness (QED) is 0.588. The Kier molecular flexibility index (Phi) is 4.47.